The predicted molar refractivity (Wildman–Crippen MR) is 120 cm³/mol. The van der Waals surface area contributed by atoms with Crippen LogP contribution in [0.1, 0.15) is 42.9 Å². The molecule has 0 aromatic heterocycles. The number of amides is 4. The second-order valence-corrected chi connectivity index (χ2v) is 9.08. The van der Waals surface area contributed by atoms with Crippen LogP contribution < -0.4 is 5.32 Å². The summed E-state index contributed by atoms with van der Waals surface area (Å²) in [7, 11) is 0. The Hall–Kier alpha value is -3.68. The second-order valence-electron chi connectivity index (χ2n) is 9.08. The molecule has 1 aliphatic heterocycles. The summed E-state index contributed by atoms with van der Waals surface area (Å²) in [6, 6.07) is 16.2. The molecule has 1 saturated heterocycles. The van der Waals surface area contributed by atoms with Crippen LogP contribution in [0.2, 0.25) is 0 Å². The SMILES string of the molecule is CC(C1CC1)N(Cc1ccccc1)C(=O)CN1C(=O)NC2(C/C(=N/O)c3ccccc32)C1=O. The van der Waals surface area contributed by atoms with E-state index in [4.69, 9.17) is 0 Å². The molecule has 1 heterocycles. The first-order valence-corrected chi connectivity index (χ1v) is 11.2. The minimum Gasteiger partial charge on any atom is -0.411 e. The van der Waals surface area contributed by atoms with E-state index >= 15 is 0 Å². The van der Waals surface area contributed by atoms with Gasteiger partial charge in [0.05, 0.1) is 5.71 Å². The molecule has 2 aromatic carbocycles. The Balaban J connectivity index is 1.40. The normalized spacial score (nSPS) is 23.7. The van der Waals surface area contributed by atoms with Gasteiger partial charge in [-0.2, -0.15) is 0 Å². The summed E-state index contributed by atoms with van der Waals surface area (Å²) in [5, 5.41) is 15.6. The smallest absolute Gasteiger partial charge is 0.325 e. The van der Waals surface area contributed by atoms with E-state index in [9.17, 15) is 19.6 Å². The van der Waals surface area contributed by atoms with Crippen LogP contribution in [0, 0.1) is 5.92 Å². The Morgan fingerprint density at radius 2 is 1.88 bits per heavy atom. The zero-order valence-corrected chi connectivity index (χ0v) is 18.4. The van der Waals surface area contributed by atoms with Gasteiger partial charge in [-0.05, 0) is 36.8 Å². The molecule has 4 amide bonds. The van der Waals surface area contributed by atoms with Gasteiger partial charge in [0.2, 0.25) is 5.91 Å². The first-order chi connectivity index (χ1) is 15.9. The molecule has 0 bridgehead atoms. The number of rotatable bonds is 6. The van der Waals surface area contributed by atoms with Gasteiger partial charge < -0.3 is 15.4 Å². The quantitative estimate of drug-likeness (QED) is 0.405. The van der Waals surface area contributed by atoms with E-state index in [0.29, 0.717) is 29.3 Å². The highest BCUT2D eigenvalue weighted by molar-refractivity contribution is 6.17. The van der Waals surface area contributed by atoms with Crippen molar-refractivity contribution in [3.8, 4) is 0 Å². The van der Waals surface area contributed by atoms with Crippen LogP contribution in [0.25, 0.3) is 0 Å². The van der Waals surface area contributed by atoms with Gasteiger partial charge in [-0.3, -0.25) is 14.5 Å². The summed E-state index contributed by atoms with van der Waals surface area (Å²) in [5.41, 5.74) is 1.19. The molecule has 8 heteroatoms. The van der Waals surface area contributed by atoms with Crippen LogP contribution in [-0.4, -0.2) is 51.2 Å². The Morgan fingerprint density at radius 3 is 2.58 bits per heavy atom. The van der Waals surface area contributed by atoms with Gasteiger partial charge in [0.1, 0.15) is 6.54 Å². The molecular weight excluding hydrogens is 420 g/mol. The van der Waals surface area contributed by atoms with Crippen molar-refractivity contribution < 1.29 is 19.6 Å². The lowest BCUT2D eigenvalue weighted by Gasteiger charge is -2.31. The van der Waals surface area contributed by atoms with Crippen LogP contribution in [0.5, 0.6) is 0 Å². The summed E-state index contributed by atoms with van der Waals surface area (Å²) in [5.74, 6) is -0.316. The summed E-state index contributed by atoms with van der Waals surface area (Å²) in [6.07, 6.45) is 2.20. The lowest BCUT2D eigenvalue weighted by Crippen LogP contribution is -2.47. The average Bonchev–Trinajstić information content (AvgIpc) is 3.60. The number of imide groups is 1. The molecule has 170 valence electrons. The number of carbonyl (C=O) groups excluding carboxylic acids is 3. The van der Waals surface area contributed by atoms with E-state index in [1.54, 1.807) is 29.2 Å². The topological polar surface area (TPSA) is 102 Å². The zero-order valence-electron chi connectivity index (χ0n) is 18.4. The fourth-order valence-corrected chi connectivity index (χ4v) is 5.01. The number of carbonyl (C=O) groups is 3. The van der Waals surface area contributed by atoms with E-state index in [2.05, 4.69) is 10.5 Å². The first kappa shape index (κ1) is 21.2. The number of nitrogens with zero attached hydrogens (tertiary/aromatic N) is 3. The molecule has 0 radical (unpaired) electrons. The number of benzene rings is 2. The van der Waals surface area contributed by atoms with Crippen LogP contribution >= 0.6 is 0 Å². The van der Waals surface area contributed by atoms with Crippen molar-refractivity contribution in [2.24, 2.45) is 11.1 Å². The van der Waals surface area contributed by atoms with Crippen molar-refractivity contribution in [1.82, 2.24) is 15.1 Å². The van der Waals surface area contributed by atoms with Crippen molar-refractivity contribution in [3.05, 3.63) is 71.3 Å². The highest BCUT2D eigenvalue weighted by atomic mass is 16.4. The lowest BCUT2D eigenvalue weighted by atomic mass is 9.92. The molecular formula is C25H26N4O4. The van der Waals surface area contributed by atoms with Crippen molar-refractivity contribution in [2.45, 2.75) is 44.3 Å². The fraction of sp³-hybridized carbons (Fsp3) is 0.360. The van der Waals surface area contributed by atoms with E-state index < -0.39 is 17.5 Å². The third-order valence-corrected chi connectivity index (χ3v) is 7.03. The van der Waals surface area contributed by atoms with Gasteiger partial charge in [0.25, 0.3) is 5.91 Å². The lowest BCUT2D eigenvalue weighted by molar-refractivity contribution is -0.140. The number of urea groups is 1. The van der Waals surface area contributed by atoms with Gasteiger partial charge in [-0.1, -0.05) is 59.8 Å². The van der Waals surface area contributed by atoms with Gasteiger partial charge in [0, 0.05) is 24.6 Å². The van der Waals surface area contributed by atoms with E-state index in [0.717, 1.165) is 23.3 Å². The monoisotopic (exact) mass is 446 g/mol. The second kappa shape index (κ2) is 8.03. The molecule has 1 saturated carbocycles. The van der Waals surface area contributed by atoms with Gasteiger partial charge >= 0.3 is 6.03 Å². The summed E-state index contributed by atoms with van der Waals surface area (Å²) < 4.78 is 0. The average molecular weight is 447 g/mol. The molecule has 2 aromatic rings. The maximum atomic E-state index is 13.5. The maximum absolute atomic E-state index is 13.5. The van der Waals surface area contributed by atoms with Crippen molar-refractivity contribution in [3.63, 3.8) is 0 Å². The molecule has 5 rings (SSSR count). The standard InChI is InChI=1S/C25H26N4O4/c1-16(18-11-12-18)28(14-17-7-3-2-4-8-17)22(30)15-29-23(31)25(26-24(29)32)13-21(27-33)19-9-5-6-10-20(19)25/h2-10,16,18,33H,11-15H2,1H3,(H,26,32)/b27-21-. The summed E-state index contributed by atoms with van der Waals surface area (Å²) in [4.78, 5) is 42.6. The molecule has 2 aliphatic carbocycles. The minimum atomic E-state index is -1.35. The van der Waals surface area contributed by atoms with E-state index in [-0.39, 0.29) is 24.9 Å². The highest BCUT2D eigenvalue weighted by Crippen LogP contribution is 2.42. The third kappa shape index (κ3) is 3.55. The molecule has 2 fully saturated rings. The fourth-order valence-electron chi connectivity index (χ4n) is 5.01. The van der Waals surface area contributed by atoms with Crippen LogP contribution in [0.4, 0.5) is 4.79 Å². The molecule has 1 spiro atoms. The molecule has 2 N–H and O–H groups in total. The maximum Gasteiger partial charge on any atom is 0.325 e. The molecule has 2 atom stereocenters. The number of fused-ring (bicyclic) bond motifs is 2. The summed E-state index contributed by atoms with van der Waals surface area (Å²) >= 11 is 0. The Bertz CT molecular complexity index is 1140. The van der Waals surface area contributed by atoms with Gasteiger partial charge in [-0.15, -0.1) is 0 Å². The van der Waals surface area contributed by atoms with Crippen molar-refractivity contribution >= 4 is 23.6 Å². The third-order valence-electron chi connectivity index (χ3n) is 7.03. The van der Waals surface area contributed by atoms with Crippen molar-refractivity contribution in [2.75, 3.05) is 6.54 Å². The number of oxime groups is 1. The van der Waals surface area contributed by atoms with Crippen LogP contribution in [-0.2, 0) is 21.7 Å². The Morgan fingerprint density at radius 1 is 1.18 bits per heavy atom. The minimum absolute atomic E-state index is 0.0211. The summed E-state index contributed by atoms with van der Waals surface area (Å²) in [6.45, 7) is 2.13. The van der Waals surface area contributed by atoms with Crippen LogP contribution in [0.15, 0.2) is 59.8 Å². The molecule has 2 unspecified atom stereocenters. The Kier molecular flexibility index (Phi) is 5.15. The molecule has 33 heavy (non-hydrogen) atoms. The Labute approximate surface area is 191 Å². The highest BCUT2D eigenvalue weighted by Gasteiger charge is 2.57. The first-order valence-electron chi connectivity index (χ1n) is 11.2. The van der Waals surface area contributed by atoms with Crippen LogP contribution in [0.3, 0.4) is 0 Å². The van der Waals surface area contributed by atoms with Gasteiger partial charge in [0.15, 0.2) is 5.54 Å². The van der Waals surface area contributed by atoms with E-state index in [1.807, 2.05) is 37.3 Å². The largest absolute Gasteiger partial charge is 0.411 e. The van der Waals surface area contributed by atoms with Crippen molar-refractivity contribution in [1.29, 1.82) is 0 Å². The number of nitrogens with one attached hydrogen (secondary N) is 1. The van der Waals surface area contributed by atoms with E-state index in [1.165, 1.54) is 0 Å². The zero-order chi connectivity index (χ0) is 23.2. The molecule has 3 aliphatic rings. The van der Waals surface area contributed by atoms with Gasteiger partial charge in [-0.25, -0.2) is 4.79 Å². The predicted octanol–water partition coefficient (Wildman–Crippen LogP) is 2.84. The number of hydrogen-bond donors (Lipinski definition) is 2. The molecule has 8 nitrogen and oxygen atoms in total. The number of hydrogen-bond acceptors (Lipinski definition) is 5.